The van der Waals surface area contributed by atoms with Gasteiger partial charge in [-0.1, -0.05) is 140 Å². The van der Waals surface area contributed by atoms with Crippen LogP contribution < -0.4 is 4.90 Å². The van der Waals surface area contributed by atoms with E-state index in [0.29, 0.717) is 0 Å². The van der Waals surface area contributed by atoms with E-state index in [1.165, 1.54) is 44.3 Å². The standard InChI is InChI=1S/C53H47NO2/c1-51(2,3)34-29-41(52(4,5)6)49-47(30-34)56-46-23-15-21-43(50(46)49)54(35-25-26-37-36-18-12-13-19-39(36)53(7,8)40(37)31-35)42-20-14-22-45-48(42)38-28-33(24-27-44(38)55-45)32-16-10-9-11-17-32/h9-31H,1-8H3. The van der Waals surface area contributed by atoms with Crippen LogP contribution in [0, 0.1) is 0 Å². The second kappa shape index (κ2) is 12.0. The van der Waals surface area contributed by atoms with Crippen LogP contribution in [0.25, 0.3) is 66.1 Å². The lowest BCUT2D eigenvalue weighted by Crippen LogP contribution is -2.17. The Labute approximate surface area is 329 Å². The lowest BCUT2D eigenvalue weighted by molar-refractivity contribution is 0.569. The van der Waals surface area contributed by atoms with Gasteiger partial charge in [0, 0.05) is 21.9 Å². The molecule has 1 aliphatic carbocycles. The minimum atomic E-state index is -0.163. The highest BCUT2D eigenvalue weighted by atomic mass is 16.3. The van der Waals surface area contributed by atoms with Gasteiger partial charge in [-0.25, -0.2) is 0 Å². The second-order valence-corrected chi connectivity index (χ2v) is 18.2. The Balaban J connectivity index is 1.31. The van der Waals surface area contributed by atoms with Gasteiger partial charge in [-0.15, -0.1) is 0 Å². The minimum Gasteiger partial charge on any atom is -0.456 e. The fraction of sp³-hybridized carbons (Fsp3) is 0.208. The van der Waals surface area contributed by atoms with Crippen LogP contribution in [-0.4, -0.2) is 0 Å². The van der Waals surface area contributed by atoms with Gasteiger partial charge in [-0.05, 0) is 110 Å². The van der Waals surface area contributed by atoms with Crippen LogP contribution in [-0.2, 0) is 16.2 Å². The number of fused-ring (bicyclic) bond motifs is 9. The SMILES string of the molecule is CC(C)(C)c1cc(C(C)(C)C)c2c(c1)oc1cccc(N(c3ccc4c(c3)C(C)(C)c3ccccc3-4)c3cccc4oc5ccc(-c6ccccc6)cc5c34)c12. The number of rotatable bonds is 4. The van der Waals surface area contributed by atoms with Gasteiger partial charge in [0.1, 0.15) is 22.3 Å². The largest absolute Gasteiger partial charge is 0.456 e. The Kier molecular flexibility index (Phi) is 7.36. The summed E-state index contributed by atoms with van der Waals surface area (Å²) < 4.78 is 13.6. The first-order valence-electron chi connectivity index (χ1n) is 19.8. The highest BCUT2D eigenvalue weighted by molar-refractivity contribution is 6.19. The fourth-order valence-electron chi connectivity index (χ4n) is 9.18. The van der Waals surface area contributed by atoms with E-state index in [4.69, 9.17) is 8.83 Å². The second-order valence-electron chi connectivity index (χ2n) is 18.2. The van der Waals surface area contributed by atoms with Crippen LogP contribution in [0.4, 0.5) is 17.1 Å². The molecule has 10 rings (SSSR count). The molecule has 0 aliphatic heterocycles. The zero-order valence-corrected chi connectivity index (χ0v) is 33.5. The highest BCUT2D eigenvalue weighted by Crippen LogP contribution is 2.53. The lowest BCUT2D eigenvalue weighted by atomic mass is 9.78. The maximum absolute atomic E-state index is 6.90. The lowest BCUT2D eigenvalue weighted by Gasteiger charge is -2.30. The summed E-state index contributed by atoms with van der Waals surface area (Å²) in [4.78, 5) is 2.47. The van der Waals surface area contributed by atoms with Crippen LogP contribution in [0.15, 0.2) is 148 Å². The van der Waals surface area contributed by atoms with Gasteiger partial charge in [-0.2, -0.15) is 0 Å². The van der Waals surface area contributed by atoms with Crippen molar-refractivity contribution in [3.8, 4) is 22.3 Å². The first kappa shape index (κ1) is 34.4. The van der Waals surface area contributed by atoms with E-state index in [-0.39, 0.29) is 16.2 Å². The Hall–Kier alpha value is -6.06. The van der Waals surface area contributed by atoms with Crippen molar-refractivity contribution in [3.63, 3.8) is 0 Å². The molecule has 276 valence electrons. The molecule has 0 saturated carbocycles. The van der Waals surface area contributed by atoms with E-state index >= 15 is 0 Å². The predicted molar refractivity (Wildman–Crippen MR) is 236 cm³/mol. The van der Waals surface area contributed by atoms with Crippen molar-refractivity contribution in [2.75, 3.05) is 4.90 Å². The molecule has 0 saturated heterocycles. The summed E-state index contributed by atoms with van der Waals surface area (Å²) >= 11 is 0. The molecule has 0 amide bonds. The maximum Gasteiger partial charge on any atom is 0.137 e. The average molecular weight is 730 g/mol. The molecule has 7 aromatic carbocycles. The summed E-state index contributed by atoms with van der Waals surface area (Å²) in [5.41, 5.74) is 16.6. The number of anilines is 3. The molecule has 0 unspecified atom stereocenters. The van der Waals surface area contributed by atoms with E-state index < -0.39 is 0 Å². The summed E-state index contributed by atoms with van der Waals surface area (Å²) in [6.07, 6.45) is 0. The third-order valence-corrected chi connectivity index (χ3v) is 12.1. The van der Waals surface area contributed by atoms with Crippen molar-refractivity contribution in [1.29, 1.82) is 0 Å². The van der Waals surface area contributed by atoms with Gasteiger partial charge in [0.15, 0.2) is 0 Å². The van der Waals surface area contributed by atoms with Crippen molar-refractivity contribution >= 4 is 60.9 Å². The predicted octanol–water partition coefficient (Wildman–Crippen LogP) is 15.5. The molecule has 3 heteroatoms. The van der Waals surface area contributed by atoms with Crippen LogP contribution in [0.2, 0.25) is 0 Å². The number of benzene rings is 7. The van der Waals surface area contributed by atoms with Crippen molar-refractivity contribution in [2.45, 2.75) is 71.6 Å². The van der Waals surface area contributed by atoms with Crippen molar-refractivity contribution in [1.82, 2.24) is 0 Å². The number of hydrogen-bond acceptors (Lipinski definition) is 3. The van der Waals surface area contributed by atoms with Crippen LogP contribution in [0.1, 0.15) is 77.6 Å². The van der Waals surface area contributed by atoms with E-state index in [1.807, 2.05) is 0 Å². The molecule has 0 atom stereocenters. The van der Waals surface area contributed by atoms with Crippen LogP contribution >= 0.6 is 0 Å². The number of hydrogen-bond donors (Lipinski definition) is 0. The zero-order chi connectivity index (χ0) is 38.7. The Morgan fingerprint density at radius 3 is 1.86 bits per heavy atom. The normalized spacial score (nSPS) is 13.9. The third kappa shape index (κ3) is 5.17. The smallest absolute Gasteiger partial charge is 0.137 e. The molecule has 0 spiro atoms. The summed E-state index contributed by atoms with van der Waals surface area (Å²) in [5, 5.41) is 4.46. The molecular formula is C53H47NO2. The molecule has 1 aliphatic rings. The fourth-order valence-corrected chi connectivity index (χ4v) is 9.18. The maximum atomic E-state index is 6.90. The summed E-state index contributed by atoms with van der Waals surface area (Å²) in [7, 11) is 0. The first-order valence-corrected chi connectivity index (χ1v) is 19.8. The zero-order valence-electron chi connectivity index (χ0n) is 33.5. The van der Waals surface area contributed by atoms with Crippen LogP contribution in [0.3, 0.4) is 0 Å². The van der Waals surface area contributed by atoms with Crippen molar-refractivity contribution in [2.24, 2.45) is 0 Å². The topological polar surface area (TPSA) is 29.5 Å². The van der Waals surface area contributed by atoms with Crippen LogP contribution in [0.5, 0.6) is 0 Å². The van der Waals surface area contributed by atoms with Gasteiger partial charge in [-0.3, -0.25) is 0 Å². The molecule has 3 nitrogen and oxygen atoms in total. The van der Waals surface area contributed by atoms with Gasteiger partial charge < -0.3 is 13.7 Å². The first-order chi connectivity index (χ1) is 26.8. The molecule has 9 aromatic rings. The highest BCUT2D eigenvalue weighted by Gasteiger charge is 2.36. The molecule has 56 heavy (non-hydrogen) atoms. The van der Waals surface area contributed by atoms with Crippen molar-refractivity contribution in [3.05, 3.63) is 162 Å². The van der Waals surface area contributed by atoms with Gasteiger partial charge in [0.05, 0.1) is 22.1 Å². The molecule has 2 aromatic heterocycles. The quantitative estimate of drug-likeness (QED) is 0.181. The minimum absolute atomic E-state index is 0.0343. The van der Waals surface area contributed by atoms with E-state index in [1.54, 1.807) is 0 Å². The third-order valence-electron chi connectivity index (χ3n) is 12.1. The van der Waals surface area contributed by atoms with E-state index in [0.717, 1.165) is 61.1 Å². The van der Waals surface area contributed by atoms with Gasteiger partial charge in [0.2, 0.25) is 0 Å². The summed E-state index contributed by atoms with van der Waals surface area (Å²) in [6.45, 7) is 18.5. The molecule has 0 N–H and O–H groups in total. The van der Waals surface area contributed by atoms with Gasteiger partial charge >= 0.3 is 0 Å². The monoisotopic (exact) mass is 729 g/mol. The average Bonchev–Trinajstić information content (AvgIpc) is 3.82. The summed E-state index contributed by atoms with van der Waals surface area (Å²) in [5.74, 6) is 0. The van der Waals surface area contributed by atoms with E-state index in [2.05, 4.69) is 200 Å². The summed E-state index contributed by atoms with van der Waals surface area (Å²) in [6, 6.07) is 50.8. The molecule has 0 bridgehead atoms. The number of furan rings is 2. The number of nitrogens with zero attached hydrogens (tertiary/aromatic N) is 1. The molecule has 0 radical (unpaired) electrons. The van der Waals surface area contributed by atoms with Gasteiger partial charge in [0.25, 0.3) is 0 Å². The molecule has 0 fully saturated rings. The Bertz CT molecular complexity index is 3020. The molecular weight excluding hydrogens is 683 g/mol. The molecule has 2 heterocycles. The Morgan fingerprint density at radius 1 is 0.464 bits per heavy atom. The van der Waals surface area contributed by atoms with Crippen molar-refractivity contribution < 1.29 is 8.83 Å². The Morgan fingerprint density at radius 2 is 1.12 bits per heavy atom. The van der Waals surface area contributed by atoms with E-state index in [9.17, 15) is 0 Å².